The van der Waals surface area contributed by atoms with Crippen LogP contribution >= 0.6 is 0 Å². The quantitative estimate of drug-likeness (QED) is 0.226. The Morgan fingerprint density at radius 2 is 1.14 bits per heavy atom. The van der Waals surface area contributed by atoms with E-state index < -0.39 is 36.0 Å². The fourth-order valence-electron chi connectivity index (χ4n) is 5.23. The second-order valence-electron chi connectivity index (χ2n) is 11.8. The molecule has 1 aliphatic heterocycles. The van der Waals surface area contributed by atoms with E-state index >= 15 is 0 Å². The number of likely N-dealkylation sites (tertiary alicyclic amines) is 1. The first-order valence-electron chi connectivity index (χ1n) is 14.6. The van der Waals surface area contributed by atoms with Gasteiger partial charge >= 0.3 is 6.09 Å². The minimum absolute atomic E-state index is 0.0477. The Balaban J connectivity index is 1.67. The number of ether oxygens (including phenoxy) is 4. The van der Waals surface area contributed by atoms with Gasteiger partial charge in [-0.15, -0.1) is 0 Å². The molecule has 1 aliphatic rings. The predicted molar refractivity (Wildman–Crippen MR) is 162 cm³/mol. The van der Waals surface area contributed by atoms with Crippen LogP contribution in [0, 0.1) is 0 Å². The topological polar surface area (TPSA) is 74.3 Å². The molecule has 1 fully saturated rings. The number of rotatable bonds is 13. The standard InChI is InChI=1S/C35H43NO6/c1-26(37)20-21-30-32(40-23-28-16-10-6-11-17-28)33(41-24-29-18-12-7-13-19-29)31(36(30)34(38)42-35(2,3)4)25-39-22-27-14-8-5-9-15-27/h5-19,30-33H,20-25H2,1-4H3/t30-,31-,32-,33-/m0/s1. The number of nitrogens with zero attached hydrogens (tertiary/aromatic N) is 1. The molecule has 7 heteroatoms. The van der Waals surface area contributed by atoms with Crippen molar-refractivity contribution in [1.29, 1.82) is 0 Å². The summed E-state index contributed by atoms with van der Waals surface area (Å²) < 4.78 is 25.4. The fourth-order valence-corrected chi connectivity index (χ4v) is 5.23. The predicted octanol–water partition coefficient (Wildman–Crippen LogP) is 6.73. The van der Waals surface area contributed by atoms with Crippen LogP contribution in [0.1, 0.15) is 57.2 Å². The molecule has 4 rings (SSSR count). The second-order valence-corrected chi connectivity index (χ2v) is 11.8. The Hall–Kier alpha value is -3.52. The van der Waals surface area contributed by atoms with E-state index in [1.165, 1.54) is 0 Å². The molecule has 42 heavy (non-hydrogen) atoms. The van der Waals surface area contributed by atoms with Crippen molar-refractivity contribution in [2.75, 3.05) is 6.61 Å². The van der Waals surface area contributed by atoms with E-state index in [1.807, 2.05) is 112 Å². The van der Waals surface area contributed by atoms with Gasteiger partial charge in [-0.2, -0.15) is 0 Å². The van der Waals surface area contributed by atoms with E-state index in [4.69, 9.17) is 18.9 Å². The van der Waals surface area contributed by atoms with E-state index in [0.717, 1.165) is 16.7 Å². The highest BCUT2D eigenvalue weighted by Gasteiger charge is 2.53. The van der Waals surface area contributed by atoms with Crippen molar-refractivity contribution in [3.8, 4) is 0 Å². The molecule has 4 atom stereocenters. The highest BCUT2D eigenvalue weighted by Crippen LogP contribution is 2.35. The van der Waals surface area contributed by atoms with Crippen LogP contribution in [0.25, 0.3) is 0 Å². The Morgan fingerprint density at radius 3 is 1.60 bits per heavy atom. The number of ketones is 1. The van der Waals surface area contributed by atoms with Gasteiger partial charge in [-0.25, -0.2) is 4.79 Å². The van der Waals surface area contributed by atoms with Gasteiger partial charge in [0.15, 0.2) is 0 Å². The van der Waals surface area contributed by atoms with Crippen LogP contribution < -0.4 is 0 Å². The lowest BCUT2D eigenvalue weighted by Crippen LogP contribution is -2.48. The molecule has 0 unspecified atom stereocenters. The summed E-state index contributed by atoms with van der Waals surface area (Å²) in [6.45, 7) is 8.39. The Kier molecular flexibility index (Phi) is 11.3. The number of Topliss-reactive ketones (excluding diaryl/α,β-unsaturated/α-hetero) is 1. The molecule has 1 amide bonds. The fraction of sp³-hybridized carbons (Fsp3) is 0.429. The average Bonchev–Trinajstić information content (AvgIpc) is 3.26. The maximum absolute atomic E-state index is 13.9. The summed E-state index contributed by atoms with van der Waals surface area (Å²) in [5, 5.41) is 0. The minimum atomic E-state index is -0.707. The summed E-state index contributed by atoms with van der Waals surface area (Å²) in [5.74, 6) is 0.0477. The van der Waals surface area contributed by atoms with Crippen molar-refractivity contribution in [1.82, 2.24) is 4.90 Å². The summed E-state index contributed by atoms with van der Waals surface area (Å²) in [5.41, 5.74) is 2.35. The highest BCUT2D eigenvalue weighted by molar-refractivity contribution is 5.75. The van der Waals surface area contributed by atoms with Crippen molar-refractivity contribution < 1.29 is 28.5 Å². The Bertz CT molecular complexity index is 1240. The minimum Gasteiger partial charge on any atom is -0.444 e. The van der Waals surface area contributed by atoms with Crippen molar-refractivity contribution in [3.63, 3.8) is 0 Å². The zero-order valence-electron chi connectivity index (χ0n) is 25.1. The van der Waals surface area contributed by atoms with Gasteiger partial charge in [-0.05, 0) is 50.8 Å². The highest BCUT2D eigenvalue weighted by atomic mass is 16.6. The van der Waals surface area contributed by atoms with Gasteiger partial charge < -0.3 is 23.7 Å². The van der Waals surface area contributed by atoms with Crippen LogP contribution in [0.5, 0.6) is 0 Å². The van der Waals surface area contributed by atoms with Crippen LogP contribution in [0.15, 0.2) is 91.0 Å². The van der Waals surface area contributed by atoms with Crippen LogP contribution in [-0.4, -0.2) is 53.3 Å². The lowest BCUT2D eigenvalue weighted by Gasteiger charge is -2.33. The van der Waals surface area contributed by atoms with Gasteiger partial charge in [0.05, 0.1) is 38.5 Å². The molecule has 7 nitrogen and oxygen atoms in total. The summed E-state index contributed by atoms with van der Waals surface area (Å²) >= 11 is 0. The number of hydrogen-bond acceptors (Lipinski definition) is 6. The van der Waals surface area contributed by atoms with Gasteiger partial charge in [0.2, 0.25) is 0 Å². The third kappa shape index (κ3) is 9.24. The number of amides is 1. The monoisotopic (exact) mass is 573 g/mol. The summed E-state index contributed by atoms with van der Waals surface area (Å²) in [6, 6.07) is 28.8. The molecule has 0 radical (unpaired) electrons. The first-order chi connectivity index (χ1) is 20.2. The first-order valence-corrected chi connectivity index (χ1v) is 14.6. The molecule has 0 aromatic heterocycles. The molecule has 224 valence electrons. The van der Waals surface area contributed by atoms with Crippen LogP contribution in [0.4, 0.5) is 4.79 Å². The molecule has 3 aromatic rings. The third-order valence-corrected chi connectivity index (χ3v) is 7.16. The summed E-state index contributed by atoms with van der Waals surface area (Å²) in [6.07, 6.45) is -0.768. The summed E-state index contributed by atoms with van der Waals surface area (Å²) in [7, 11) is 0. The van der Waals surface area contributed by atoms with Crippen LogP contribution in [0.2, 0.25) is 0 Å². The lowest BCUT2D eigenvalue weighted by atomic mass is 10.0. The third-order valence-electron chi connectivity index (χ3n) is 7.16. The van der Waals surface area contributed by atoms with E-state index in [0.29, 0.717) is 32.7 Å². The Morgan fingerprint density at radius 1 is 0.690 bits per heavy atom. The van der Waals surface area contributed by atoms with Gasteiger partial charge in [0.1, 0.15) is 23.6 Å². The summed E-state index contributed by atoms with van der Waals surface area (Å²) in [4.78, 5) is 27.7. The SMILES string of the molecule is CC(=O)CC[C@H]1[C@H](OCc2ccccc2)[C@@H](OCc2ccccc2)[C@H](COCc2ccccc2)N1C(=O)OC(C)(C)C. The van der Waals surface area contributed by atoms with E-state index in [2.05, 4.69) is 0 Å². The molecule has 0 aliphatic carbocycles. The van der Waals surface area contributed by atoms with E-state index in [9.17, 15) is 9.59 Å². The molecular weight excluding hydrogens is 530 g/mol. The largest absolute Gasteiger partial charge is 0.444 e. The number of hydrogen-bond donors (Lipinski definition) is 0. The van der Waals surface area contributed by atoms with Crippen molar-refractivity contribution in [2.45, 2.75) is 90.2 Å². The molecule has 1 saturated heterocycles. The van der Waals surface area contributed by atoms with Crippen molar-refractivity contribution in [3.05, 3.63) is 108 Å². The van der Waals surface area contributed by atoms with Crippen molar-refractivity contribution in [2.24, 2.45) is 0 Å². The molecule has 3 aromatic carbocycles. The van der Waals surface area contributed by atoms with Crippen LogP contribution in [-0.2, 0) is 43.6 Å². The molecule has 0 N–H and O–H groups in total. The van der Waals surface area contributed by atoms with Crippen LogP contribution in [0.3, 0.4) is 0 Å². The molecule has 0 bridgehead atoms. The van der Waals surface area contributed by atoms with E-state index in [1.54, 1.807) is 11.8 Å². The normalized spacial score (nSPS) is 20.4. The van der Waals surface area contributed by atoms with Crippen molar-refractivity contribution >= 4 is 11.9 Å². The second kappa shape index (κ2) is 15.1. The Labute approximate surface area is 249 Å². The molecule has 1 heterocycles. The molecule has 0 spiro atoms. The average molecular weight is 574 g/mol. The molecular formula is C35H43NO6. The number of carbonyl (C=O) groups is 2. The lowest BCUT2D eigenvalue weighted by molar-refractivity contribution is -0.117. The maximum atomic E-state index is 13.9. The number of benzene rings is 3. The van der Waals surface area contributed by atoms with Gasteiger partial charge in [0, 0.05) is 6.42 Å². The zero-order valence-corrected chi connectivity index (χ0v) is 25.1. The van der Waals surface area contributed by atoms with Gasteiger partial charge in [-0.3, -0.25) is 4.90 Å². The van der Waals surface area contributed by atoms with E-state index in [-0.39, 0.29) is 12.4 Å². The maximum Gasteiger partial charge on any atom is 0.411 e. The molecule has 0 saturated carbocycles. The first kappa shape index (κ1) is 31.4. The van der Waals surface area contributed by atoms with Gasteiger partial charge in [-0.1, -0.05) is 91.0 Å². The smallest absolute Gasteiger partial charge is 0.411 e. The van der Waals surface area contributed by atoms with Gasteiger partial charge in [0.25, 0.3) is 0 Å². The number of carbonyl (C=O) groups excluding carboxylic acids is 2. The zero-order chi connectivity index (χ0) is 30.0.